The lowest BCUT2D eigenvalue weighted by Gasteiger charge is -2.15. The molecular weight excluding hydrogens is 270 g/mol. The van der Waals surface area contributed by atoms with Crippen LogP contribution in [-0.2, 0) is 33.4 Å². The SMILES string of the molecule is CCOC(=O)CN(C)C(=O)COC(=O)/C=C/C(=O)OC. The number of esters is 3. The molecule has 112 valence electrons. The van der Waals surface area contributed by atoms with Gasteiger partial charge < -0.3 is 19.1 Å². The van der Waals surface area contributed by atoms with Crippen LogP contribution in [-0.4, -0.2) is 62.6 Å². The van der Waals surface area contributed by atoms with Gasteiger partial charge in [-0.1, -0.05) is 0 Å². The van der Waals surface area contributed by atoms with E-state index in [-0.39, 0.29) is 13.2 Å². The maximum Gasteiger partial charge on any atom is 0.331 e. The quantitative estimate of drug-likeness (QED) is 0.346. The lowest BCUT2D eigenvalue weighted by atomic mass is 10.5. The van der Waals surface area contributed by atoms with E-state index in [1.807, 2.05) is 0 Å². The molecular formula is C12H17NO7. The van der Waals surface area contributed by atoms with Crippen molar-refractivity contribution in [1.29, 1.82) is 0 Å². The Balaban J connectivity index is 4.09. The van der Waals surface area contributed by atoms with E-state index < -0.39 is 30.4 Å². The second-order valence-corrected chi connectivity index (χ2v) is 3.52. The molecule has 0 aromatic carbocycles. The number of nitrogens with zero attached hydrogens (tertiary/aromatic N) is 1. The second-order valence-electron chi connectivity index (χ2n) is 3.52. The van der Waals surface area contributed by atoms with Crippen LogP contribution >= 0.6 is 0 Å². The highest BCUT2D eigenvalue weighted by atomic mass is 16.5. The lowest BCUT2D eigenvalue weighted by molar-refractivity contribution is -0.152. The van der Waals surface area contributed by atoms with Gasteiger partial charge in [0.05, 0.1) is 13.7 Å². The van der Waals surface area contributed by atoms with Crippen molar-refractivity contribution in [2.45, 2.75) is 6.92 Å². The average Bonchev–Trinajstić information content (AvgIpc) is 2.41. The number of hydrogen-bond donors (Lipinski definition) is 0. The molecule has 0 rings (SSSR count). The third-order valence-corrected chi connectivity index (χ3v) is 1.99. The van der Waals surface area contributed by atoms with E-state index >= 15 is 0 Å². The van der Waals surface area contributed by atoms with Crippen molar-refractivity contribution >= 4 is 23.8 Å². The third kappa shape index (κ3) is 7.85. The van der Waals surface area contributed by atoms with Gasteiger partial charge in [-0.25, -0.2) is 9.59 Å². The molecule has 0 saturated heterocycles. The van der Waals surface area contributed by atoms with E-state index in [0.29, 0.717) is 0 Å². The summed E-state index contributed by atoms with van der Waals surface area (Å²) in [5.41, 5.74) is 0. The number of carbonyl (C=O) groups is 4. The van der Waals surface area contributed by atoms with Gasteiger partial charge in [0.1, 0.15) is 6.54 Å². The average molecular weight is 287 g/mol. The van der Waals surface area contributed by atoms with Gasteiger partial charge in [-0.3, -0.25) is 9.59 Å². The predicted molar refractivity (Wildman–Crippen MR) is 66.4 cm³/mol. The van der Waals surface area contributed by atoms with Crippen molar-refractivity contribution in [3.8, 4) is 0 Å². The summed E-state index contributed by atoms with van der Waals surface area (Å²) >= 11 is 0. The highest BCUT2D eigenvalue weighted by molar-refractivity contribution is 5.92. The summed E-state index contributed by atoms with van der Waals surface area (Å²) in [5, 5.41) is 0. The predicted octanol–water partition coefficient (Wildman–Crippen LogP) is -0.720. The Morgan fingerprint density at radius 1 is 1.05 bits per heavy atom. The highest BCUT2D eigenvalue weighted by Gasteiger charge is 2.14. The van der Waals surface area contributed by atoms with Crippen LogP contribution in [0.25, 0.3) is 0 Å². The molecule has 0 aromatic rings. The van der Waals surface area contributed by atoms with Crippen LogP contribution in [0, 0.1) is 0 Å². The summed E-state index contributed by atoms with van der Waals surface area (Å²) in [7, 11) is 2.53. The minimum atomic E-state index is -0.867. The van der Waals surface area contributed by atoms with Crippen LogP contribution in [0.5, 0.6) is 0 Å². The third-order valence-electron chi connectivity index (χ3n) is 1.99. The Hall–Kier alpha value is -2.38. The van der Waals surface area contributed by atoms with E-state index in [4.69, 9.17) is 0 Å². The minimum Gasteiger partial charge on any atom is -0.466 e. The number of hydrogen-bond acceptors (Lipinski definition) is 7. The van der Waals surface area contributed by atoms with Crippen LogP contribution in [0.4, 0.5) is 0 Å². The van der Waals surface area contributed by atoms with Crippen molar-refractivity contribution in [2.24, 2.45) is 0 Å². The Morgan fingerprint density at radius 2 is 1.65 bits per heavy atom. The van der Waals surface area contributed by atoms with Crippen molar-refractivity contribution in [2.75, 3.05) is 33.9 Å². The van der Waals surface area contributed by atoms with Gasteiger partial charge in [0, 0.05) is 19.2 Å². The summed E-state index contributed by atoms with van der Waals surface area (Å²) in [6.45, 7) is 1.09. The molecule has 8 nitrogen and oxygen atoms in total. The van der Waals surface area contributed by atoms with E-state index in [2.05, 4.69) is 14.2 Å². The van der Waals surface area contributed by atoms with E-state index in [9.17, 15) is 19.2 Å². The fourth-order valence-electron chi connectivity index (χ4n) is 0.984. The zero-order valence-electron chi connectivity index (χ0n) is 11.6. The number of methoxy groups -OCH3 is 1. The van der Waals surface area contributed by atoms with Gasteiger partial charge in [-0.15, -0.1) is 0 Å². The molecule has 0 spiro atoms. The number of likely N-dealkylation sites (N-methyl/N-ethyl adjacent to an activating group) is 1. The van der Waals surface area contributed by atoms with Crippen molar-refractivity contribution in [1.82, 2.24) is 4.90 Å². The Labute approximate surface area is 116 Å². The first kappa shape index (κ1) is 17.6. The molecule has 0 aliphatic rings. The second kappa shape index (κ2) is 9.54. The minimum absolute atomic E-state index is 0.216. The molecule has 0 bridgehead atoms. The molecule has 0 aliphatic heterocycles. The molecule has 0 unspecified atom stereocenters. The van der Waals surface area contributed by atoms with Crippen LogP contribution in [0.15, 0.2) is 12.2 Å². The number of amides is 1. The number of rotatable bonds is 7. The summed E-state index contributed by atoms with van der Waals surface area (Å²) in [4.78, 5) is 45.5. The Kier molecular flexibility index (Phi) is 8.40. The van der Waals surface area contributed by atoms with Crippen LogP contribution in [0.3, 0.4) is 0 Å². The molecule has 20 heavy (non-hydrogen) atoms. The van der Waals surface area contributed by atoms with E-state index in [1.54, 1.807) is 6.92 Å². The maximum atomic E-state index is 11.5. The van der Waals surface area contributed by atoms with Crippen molar-refractivity contribution in [3.05, 3.63) is 12.2 Å². The van der Waals surface area contributed by atoms with Crippen LogP contribution in [0.2, 0.25) is 0 Å². The van der Waals surface area contributed by atoms with Crippen LogP contribution < -0.4 is 0 Å². The summed E-state index contributed by atoms with van der Waals surface area (Å²) < 4.78 is 13.5. The molecule has 0 fully saturated rings. The van der Waals surface area contributed by atoms with Gasteiger partial charge >= 0.3 is 17.9 Å². The molecule has 0 heterocycles. The zero-order chi connectivity index (χ0) is 15.5. The fourth-order valence-corrected chi connectivity index (χ4v) is 0.984. The fraction of sp³-hybridized carbons (Fsp3) is 0.500. The lowest BCUT2D eigenvalue weighted by Crippen LogP contribution is -2.35. The molecule has 0 N–H and O–H groups in total. The van der Waals surface area contributed by atoms with Gasteiger partial charge in [-0.2, -0.15) is 0 Å². The maximum absolute atomic E-state index is 11.5. The molecule has 1 amide bonds. The molecule has 0 saturated carbocycles. The first-order chi connectivity index (χ1) is 9.40. The zero-order valence-corrected chi connectivity index (χ0v) is 11.6. The number of carbonyl (C=O) groups excluding carboxylic acids is 4. The normalized spacial score (nSPS) is 9.95. The monoisotopic (exact) mass is 287 g/mol. The standard InChI is InChI=1S/C12H17NO7/c1-4-19-12(17)7-13(2)9(14)8-20-11(16)6-5-10(15)18-3/h5-6H,4,7-8H2,1-3H3/b6-5+. The van der Waals surface area contributed by atoms with Gasteiger partial charge in [0.15, 0.2) is 6.61 Å². The summed E-state index contributed by atoms with van der Waals surface area (Å²) in [6.07, 6.45) is 1.71. The molecule has 8 heteroatoms. The van der Waals surface area contributed by atoms with E-state index in [0.717, 1.165) is 24.2 Å². The highest BCUT2D eigenvalue weighted by Crippen LogP contribution is 1.91. The Morgan fingerprint density at radius 3 is 2.20 bits per heavy atom. The summed E-state index contributed by atoms with van der Waals surface area (Å²) in [6, 6.07) is 0. The first-order valence-corrected chi connectivity index (χ1v) is 5.73. The topological polar surface area (TPSA) is 99.2 Å². The van der Waals surface area contributed by atoms with Crippen molar-refractivity contribution in [3.63, 3.8) is 0 Å². The molecule has 0 aliphatic carbocycles. The van der Waals surface area contributed by atoms with Crippen molar-refractivity contribution < 1.29 is 33.4 Å². The van der Waals surface area contributed by atoms with Gasteiger partial charge in [-0.05, 0) is 6.92 Å². The smallest absolute Gasteiger partial charge is 0.331 e. The summed E-state index contributed by atoms with van der Waals surface area (Å²) in [5.74, 6) is -2.71. The largest absolute Gasteiger partial charge is 0.466 e. The number of ether oxygens (including phenoxy) is 3. The molecule has 0 atom stereocenters. The first-order valence-electron chi connectivity index (χ1n) is 5.73. The van der Waals surface area contributed by atoms with Gasteiger partial charge in [0.25, 0.3) is 5.91 Å². The molecule has 0 radical (unpaired) electrons. The Bertz CT molecular complexity index is 403. The van der Waals surface area contributed by atoms with Crippen LogP contribution in [0.1, 0.15) is 6.92 Å². The molecule has 0 aromatic heterocycles. The van der Waals surface area contributed by atoms with E-state index in [1.165, 1.54) is 7.05 Å². The van der Waals surface area contributed by atoms with Gasteiger partial charge in [0.2, 0.25) is 0 Å².